The maximum Gasteiger partial charge on any atom is 0.242 e. The van der Waals surface area contributed by atoms with Crippen molar-refractivity contribution in [2.45, 2.75) is 44.7 Å². The summed E-state index contributed by atoms with van der Waals surface area (Å²) in [5, 5.41) is 9.16. The molecule has 1 aliphatic rings. The number of hydrogen-bond acceptors (Lipinski definition) is 3. The molecule has 0 amide bonds. The summed E-state index contributed by atoms with van der Waals surface area (Å²) in [6, 6.07) is 1.53. The van der Waals surface area contributed by atoms with E-state index in [4.69, 9.17) is 5.11 Å². The summed E-state index contributed by atoms with van der Waals surface area (Å²) in [6.07, 6.45) is 3.73. The molecule has 1 aromatic heterocycles. The van der Waals surface area contributed by atoms with E-state index in [1.807, 2.05) is 6.92 Å². The fraction of sp³-hybridized carbons (Fsp3) is 0.667. The van der Waals surface area contributed by atoms with Gasteiger partial charge in [-0.05, 0) is 31.2 Å². The first-order valence-corrected chi connectivity index (χ1v) is 7.68. The van der Waals surface area contributed by atoms with Gasteiger partial charge in [0, 0.05) is 25.0 Å². The first-order valence-electron chi connectivity index (χ1n) is 6.20. The number of aromatic nitrogens is 1. The number of aliphatic hydroxyl groups excluding tert-OH is 1. The van der Waals surface area contributed by atoms with Gasteiger partial charge in [-0.25, -0.2) is 13.1 Å². The molecule has 0 unspecified atom stereocenters. The fourth-order valence-corrected chi connectivity index (χ4v) is 3.10. The molecule has 5 nitrogen and oxygen atoms in total. The Bertz CT molecular complexity index is 508. The van der Waals surface area contributed by atoms with Gasteiger partial charge in [0.2, 0.25) is 10.0 Å². The minimum Gasteiger partial charge on any atom is -0.390 e. The van der Waals surface area contributed by atoms with E-state index in [0.29, 0.717) is 18.8 Å². The summed E-state index contributed by atoms with van der Waals surface area (Å²) in [7, 11) is -3.46. The molecule has 0 atom stereocenters. The van der Waals surface area contributed by atoms with Crippen LogP contribution < -0.4 is 4.72 Å². The van der Waals surface area contributed by atoms with Crippen LogP contribution in [0, 0.1) is 5.41 Å². The van der Waals surface area contributed by atoms with Crippen LogP contribution in [0.1, 0.15) is 32.4 Å². The highest BCUT2D eigenvalue weighted by Crippen LogP contribution is 2.44. The van der Waals surface area contributed by atoms with Gasteiger partial charge in [-0.2, -0.15) is 0 Å². The predicted molar refractivity (Wildman–Crippen MR) is 68.6 cm³/mol. The van der Waals surface area contributed by atoms with Crippen molar-refractivity contribution in [3.05, 3.63) is 18.0 Å². The molecule has 0 saturated heterocycles. The van der Waals surface area contributed by atoms with Crippen LogP contribution >= 0.6 is 0 Å². The SMILES string of the molecule is CCn1cc(S(=O)(=O)NCC2(C)CC2)cc1CO. The normalized spacial score (nSPS) is 17.9. The molecule has 1 aromatic rings. The lowest BCUT2D eigenvalue weighted by atomic mass is 10.2. The van der Waals surface area contributed by atoms with Gasteiger partial charge in [-0.3, -0.25) is 0 Å². The van der Waals surface area contributed by atoms with Gasteiger partial charge in [0.05, 0.1) is 11.5 Å². The van der Waals surface area contributed by atoms with Gasteiger partial charge in [0.25, 0.3) is 0 Å². The maximum atomic E-state index is 12.1. The van der Waals surface area contributed by atoms with Crippen LogP contribution in [0.2, 0.25) is 0 Å². The zero-order valence-electron chi connectivity index (χ0n) is 10.8. The summed E-state index contributed by atoms with van der Waals surface area (Å²) >= 11 is 0. The number of sulfonamides is 1. The maximum absolute atomic E-state index is 12.1. The number of rotatable bonds is 6. The van der Waals surface area contributed by atoms with E-state index in [9.17, 15) is 8.42 Å². The Morgan fingerprint density at radius 2 is 2.17 bits per heavy atom. The third-order valence-electron chi connectivity index (χ3n) is 3.57. The minimum absolute atomic E-state index is 0.139. The minimum atomic E-state index is -3.46. The third kappa shape index (κ3) is 2.76. The Morgan fingerprint density at radius 3 is 2.61 bits per heavy atom. The van der Waals surface area contributed by atoms with Gasteiger partial charge in [-0.1, -0.05) is 6.92 Å². The van der Waals surface area contributed by atoms with Crippen molar-refractivity contribution in [1.29, 1.82) is 0 Å². The number of hydrogen-bond donors (Lipinski definition) is 2. The van der Waals surface area contributed by atoms with Crippen molar-refractivity contribution >= 4 is 10.0 Å². The molecule has 0 radical (unpaired) electrons. The Hall–Kier alpha value is -0.850. The van der Waals surface area contributed by atoms with E-state index >= 15 is 0 Å². The van der Waals surface area contributed by atoms with Crippen LogP contribution in [0.25, 0.3) is 0 Å². The number of nitrogens with zero attached hydrogens (tertiary/aromatic N) is 1. The first-order chi connectivity index (χ1) is 8.40. The van der Waals surface area contributed by atoms with E-state index < -0.39 is 10.0 Å². The molecule has 6 heteroatoms. The van der Waals surface area contributed by atoms with Crippen LogP contribution in [0.5, 0.6) is 0 Å². The van der Waals surface area contributed by atoms with Crippen molar-refractivity contribution in [2.24, 2.45) is 5.41 Å². The van der Waals surface area contributed by atoms with Crippen LogP contribution in [-0.2, 0) is 23.2 Å². The van der Waals surface area contributed by atoms with E-state index in [2.05, 4.69) is 11.6 Å². The van der Waals surface area contributed by atoms with Crippen LogP contribution in [0.3, 0.4) is 0 Å². The van der Waals surface area contributed by atoms with Crippen LogP contribution in [-0.4, -0.2) is 24.6 Å². The van der Waals surface area contributed by atoms with Gasteiger partial charge < -0.3 is 9.67 Å². The predicted octanol–water partition coefficient (Wildman–Crippen LogP) is 1.08. The zero-order chi connectivity index (χ0) is 13.4. The lowest BCUT2D eigenvalue weighted by molar-refractivity contribution is 0.271. The van der Waals surface area contributed by atoms with Crippen molar-refractivity contribution in [1.82, 2.24) is 9.29 Å². The average Bonchev–Trinajstić information content (AvgIpc) is 2.93. The van der Waals surface area contributed by atoms with Gasteiger partial charge >= 0.3 is 0 Å². The van der Waals surface area contributed by atoms with E-state index in [1.165, 1.54) is 6.07 Å². The molecule has 1 aliphatic carbocycles. The quantitative estimate of drug-likeness (QED) is 0.814. The summed E-state index contributed by atoms with van der Waals surface area (Å²) in [5.74, 6) is 0. The van der Waals surface area contributed by atoms with Crippen LogP contribution in [0.15, 0.2) is 17.2 Å². The number of nitrogens with one attached hydrogen (secondary N) is 1. The molecule has 0 aliphatic heterocycles. The van der Waals surface area contributed by atoms with Gasteiger partial charge in [0.15, 0.2) is 0 Å². The van der Waals surface area contributed by atoms with Crippen molar-refractivity contribution < 1.29 is 13.5 Å². The van der Waals surface area contributed by atoms with E-state index in [1.54, 1.807) is 10.8 Å². The molecular weight excluding hydrogens is 252 g/mol. The van der Waals surface area contributed by atoms with Crippen molar-refractivity contribution in [3.63, 3.8) is 0 Å². The highest BCUT2D eigenvalue weighted by atomic mass is 32.2. The van der Waals surface area contributed by atoms with E-state index in [-0.39, 0.29) is 16.9 Å². The second-order valence-corrected chi connectivity index (χ2v) is 7.01. The Kier molecular flexibility index (Phi) is 3.53. The standard InChI is InChI=1S/C12H20N2O3S/c1-3-14-7-11(6-10(14)8-15)18(16,17)13-9-12(2)4-5-12/h6-7,13,15H,3-5,8-9H2,1-2H3. The number of aliphatic hydroxyl groups is 1. The lowest BCUT2D eigenvalue weighted by Gasteiger charge is -2.09. The smallest absolute Gasteiger partial charge is 0.242 e. The summed E-state index contributed by atoms with van der Waals surface area (Å²) in [6.45, 7) is 4.96. The molecule has 2 N–H and O–H groups in total. The van der Waals surface area contributed by atoms with Crippen molar-refractivity contribution in [3.8, 4) is 0 Å². The zero-order valence-corrected chi connectivity index (χ0v) is 11.6. The third-order valence-corrected chi connectivity index (χ3v) is 4.93. The molecule has 102 valence electrons. The Balaban J connectivity index is 2.15. The summed E-state index contributed by atoms with van der Waals surface area (Å²) in [4.78, 5) is 0.234. The molecule has 0 aromatic carbocycles. The Morgan fingerprint density at radius 1 is 1.50 bits per heavy atom. The first kappa shape index (κ1) is 13.6. The van der Waals surface area contributed by atoms with Crippen LogP contribution in [0.4, 0.5) is 0 Å². The second kappa shape index (κ2) is 4.68. The van der Waals surface area contributed by atoms with Gasteiger partial charge in [-0.15, -0.1) is 0 Å². The molecule has 1 heterocycles. The molecule has 1 saturated carbocycles. The second-order valence-electron chi connectivity index (χ2n) is 5.25. The van der Waals surface area contributed by atoms with Gasteiger partial charge in [0.1, 0.15) is 0 Å². The molecule has 2 rings (SSSR count). The monoisotopic (exact) mass is 272 g/mol. The molecule has 0 spiro atoms. The molecule has 0 bridgehead atoms. The van der Waals surface area contributed by atoms with Crippen molar-refractivity contribution in [2.75, 3.05) is 6.54 Å². The fourth-order valence-electron chi connectivity index (χ4n) is 1.84. The lowest BCUT2D eigenvalue weighted by Crippen LogP contribution is -2.28. The molecule has 1 fully saturated rings. The topological polar surface area (TPSA) is 71.3 Å². The highest BCUT2D eigenvalue weighted by molar-refractivity contribution is 7.89. The molecular formula is C12H20N2O3S. The summed E-state index contributed by atoms with van der Waals surface area (Å²) < 4.78 is 28.6. The Labute approximate surface area is 108 Å². The summed E-state index contributed by atoms with van der Waals surface area (Å²) in [5.41, 5.74) is 0.760. The largest absolute Gasteiger partial charge is 0.390 e. The highest BCUT2D eigenvalue weighted by Gasteiger charge is 2.38. The molecule has 18 heavy (non-hydrogen) atoms. The number of aryl methyl sites for hydroxylation is 1. The van der Waals surface area contributed by atoms with E-state index in [0.717, 1.165) is 12.8 Å². The average molecular weight is 272 g/mol.